The van der Waals surface area contributed by atoms with Crippen molar-refractivity contribution in [3.05, 3.63) is 58.8 Å². The number of amides is 2. The van der Waals surface area contributed by atoms with Crippen molar-refractivity contribution < 1.29 is 14.1 Å². The van der Waals surface area contributed by atoms with E-state index in [1.165, 1.54) is 0 Å². The zero-order valence-corrected chi connectivity index (χ0v) is 17.1. The van der Waals surface area contributed by atoms with Crippen molar-refractivity contribution in [3.63, 3.8) is 0 Å². The molecule has 29 heavy (non-hydrogen) atoms. The van der Waals surface area contributed by atoms with Gasteiger partial charge in [-0.25, -0.2) is 0 Å². The molecule has 0 fully saturated rings. The minimum absolute atomic E-state index is 0.0276. The average Bonchev–Trinajstić information content (AvgIpc) is 3.41. The van der Waals surface area contributed by atoms with Crippen LogP contribution in [0.4, 0.5) is 0 Å². The number of carbonyl (C=O) groups is 2. The number of benzene rings is 1. The van der Waals surface area contributed by atoms with E-state index in [2.05, 4.69) is 20.8 Å². The summed E-state index contributed by atoms with van der Waals surface area (Å²) in [5.41, 5.74) is 1.63. The lowest BCUT2D eigenvalue weighted by atomic mass is 10.1. The Balaban J connectivity index is 1.25. The predicted octanol–water partition coefficient (Wildman–Crippen LogP) is 3.37. The molecule has 7 nitrogen and oxygen atoms in total. The fraction of sp³-hybridized carbons (Fsp3) is 0.333. The third-order valence-corrected chi connectivity index (χ3v) is 5.19. The predicted molar refractivity (Wildman–Crippen MR) is 112 cm³/mol. The van der Waals surface area contributed by atoms with E-state index < -0.39 is 0 Å². The number of aryl methyl sites for hydroxylation is 2. The van der Waals surface area contributed by atoms with Crippen LogP contribution in [0.3, 0.4) is 0 Å². The SMILES string of the molecule is Cc1ccc(C(=O)NCC(=O)NCCCCCc2nc(-c3cccs3)no2)cc1. The number of aromatic nitrogens is 2. The van der Waals surface area contributed by atoms with Gasteiger partial charge in [0.1, 0.15) is 0 Å². The third-order valence-electron chi connectivity index (χ3n) is 4.32. The zero-order valence-electron chi connectivity index (χ0n) is 16.3. The molecule has 3 rings (SSSR count). The van der Waals surface area contributed by atoms with Gasteiger partial charge in [0.25, 0.3) is 5.91 Å². The van der Waals surface area contributed by atoms with Crippen molar-refractivity contribution in [2.75, 3.05) is 13.1 Å². The average molecular weight is 413 g/mol. The van der Waals surface area contributed by atoms with Gasteiger partial charge in [-0.3, -0.25) is 9.59 Å². The maximum Gasteiger partial charge on any atom is 0.251 e. The van der Waals surface area contributed by atoms with Crippen LogP contribution < -0.4 is 10.6 Å². The van der Waals surface area contributed by atoms with E-state index in [0.29, 0.717) is 23.8 Å². The third kappa shape index (κ3) is 6.53. The molecular formula is C21H24N4O3S. The number of rotatable bonds is 10. The van der Waals surface area contributed by atoms with Crippen LogP contribution >= 0.6 is 11.3 Å². The largest absolute Gasteiger partial charge is 0.355 e. The first-order valence-electron chi connectivity index (χ1n) is 9.60. The molecule has 8 heteroatoms. The molecule has 2 N–H and O–H groups in total. The second kappa shape index (κ2) is 10.5. The lowest BCUT2D eigenvalue weighted by molar-refractivity contribution is -0.120. The van der Waals surface area contributed by atoms with Gasteiger partial charge in [-0.2, -0.15) is 4.98 Å². The van der Waals surface area contributed by atoms with Gasteiger partial charge >= 0.3 is 0 Å². The van der Waals surface area contributed by atoms with E-state index in [1.807, 2.05) is 36.6 Å². The Morgan fingerprint density at radius 3 is 2.66 bits per heavy atom. The summed E-state index contributed by atoms with van der Waals surface area (Å²) in [6.07, 6.45) is 3.42. The van der Waals surface area contributed by atoms with Crippen LogP contribution in [0.1, 0.15) is 41.1 Å². The molecule has 0 bridgehead atoms. The van der Waals surface area contributed by atoms with Crippen molar-refractivity contribution in [1.82, 2.24) is 20.8 Å². The van der Waals surface area contributed by atoms with Gasteiger partial charge in [0.15, 0.2) is 0 Å². The molecular weight excluding hydrogens is 388 g/mol. The summed E-state index contributed by atoms with van der Waals surface area (Å²) in [4.78, 5) is 29.2. The summed E-state index contributed by atoms with van der Waals surface area (Å²) in [5.74, 6) is 0.829. The van der Waals surface area contributed by atoms with Crippen LogP contribution in [0.15, 0.2) is 46.3 Å². The number of carbonyl (C=O) groups excluding carboxylic acids is 2. The number of nitrogens with zero attached hydrogens (tertiary/aromatic N) is 2. The molecule has 152 valence electrons. The second-order valence-corrected chi connectivity index (χ2v) is 7.65. The smallest absolute Gasteiger partial charge is 0.251 e. The number of hydrogen-bond acceptors (Lipinski definition) is 6. The Morgan fingerprint density at radius 1 is 1.07 bits per heavy atom. The van der Waals surface area contributed by atoms with E-state index >= 15 is 0 Å². The van der Waals surface area contributed by atoms with Crippen LogP contribution in [0.5, 0.6) is 0 Å². The molecule has 1 aromatic carbocycles. The number of thiophene rings is 1. The first kappa shape index (κ1) is 20.7. The Kier molecular flexibility index (Phi) is 7.52. The molecule has 0 atom stereocenters. The number of unbranched alkanes of at least 4 members (excludes halogenated alkanes) is 2. The summed E-state index contributed by atoms with van der Waals surface area (Å²) in [6.45, 7) is 2.50. The van der Waals surface area contributed by atoms with E-state index in [9.17, 15) is 9.59 Å². The summed E-state index contributed by atoms with van der Waals surface area (Å²) < 4.78 is 5.27. The Morgan fingerprint density at radius 2 is 1.90 bits per heavy atom. The maximum absolute atomic E-state index is 12.0. The van der Waals surface area contributed by atoms with E-state index in [1.54, 1.807) is 23.5 Å². The molecule has 0 aliphatic carbocycles. The van der Waals surface area contributed by atoms with Gasteiger partial charge in [0.05, 0.1) is 11.4 Å². The minimum Gasteiger partial charge on any atom is -0.355 e. The molecule has 0 saturated carbocycles. The highest BCUT2D eigenvalue weighted by Crippen LogP contribution is 2.21. The highest BCUT2D eigenvalue weighted by molar-refractivity contribution is 7.13. The second-order valence-electron chi connectivity index (χ2n) is 6.70. The fourth-order valence-corrected chi connectivity index (χ4v) is 3.35. The molecule has 0 spiro atoms. The van der Waals surface area contributed by atoms with Gasteiger partial charge in [-0.05, 0) is 43.3 Å². The first-order valence-corrected chi connectivity index (χ1v) is 10.5. The van der Waals surface area contributed by atoms with Crippen LogP contribution in [0.2, 0.25) is 0 Å². The Hall–Kier alpha value is -3.00. The highest BCUT2D eigenvalue weighted by Gasteiger charge is 2.09. The van der Waals surface area contributed by atoms with Crippen LogP contribution in [-0.2, 0) is 11.2 Å². The molecule has 0 radical (unpaired) electrons. The van der Waals surface area contributed by atoms with E-state index in [-0.39, 0.29) is 18.4 Å². The summed E-state index contributed by atoms with van der Waals surface area (Å²) >= 11 is 1.58. The Bertz CT molecular complexity index is 920. The van der Waals surface area contributed by atoms with Crippen LogP contribution in [-0.4, -0.2) is 35.0 Å². The fourth-order valence-electron chi connectivity index (χ4n) is 2.70. The summed E-state index contributed by atoms with van der Waals surface area (Å²) in [6, 6.07) is 11.1. The van der Waals surface area contributed by atoms with Gasteiger partial charge < -0.3 is 15.2 Å². The molecule has 2 heterocycles. The van der Waals surface area contributed by atoms with Crippen molar-refractivity contribution in [2.24, 2.45) is 0 Å². The van der Waals surface area contributed by atoms with E-state index in [0.717, 1.165) is 36.1 Å². The standard InChI is InChI=1S/C21H24N4O3S/c1-15-8-10-16(11-9-15)21(27)23-14-18(26)22-12-4-2-3-7-19-24-20(25-28-19)17-6-5-13-29-17/h5-6,8-11,13H,2-4,7,12,14H2,1H3,(H,22,26)(H,23,27). The van der Waals surface area contributed by atoms with Crippen LogP contribution in [0.25, 0.3) is 10.7 Å². The molecule has 3 aromatic rings. The molecule has 0 aliphatic rings. The van der Waals surface area contributed by atoms with Gasteiger partial charge in [-0.1, -0.05) is 35.3 Å². The summed E-state index contributed by atoms with van der Waals surface area (Å²) in [7, 11) is 0. The van der Waals surface area contributed by atoms with Crippen LogP contribution in [0, 0.1) is 6.92 Å². The number of hydrogen-bond donors (Lipinski definition) is 2. The molecule has 2 amide bonds. The van der Waals surface area contributed by atoms with E-state index in [4.69, 9.17) is 4.52 Å². The molecule has 0 aliphatic heterocycles. The normalized spacial score (nSPS) is 10.7. The number of nitrogens with one attached hydrogen (secondary N) is 2. The van der Waals surface area contributed by atoms with Crippen molar-refractivity contribution >= 4 is 23.2 Å². The molecule has 0 unspecified atom stereocenters. The molecule has 2 aromatic heterocycles. The monoisotopic (exact) mass is 412 g/mol. The molecule has 0 saturated heterocycles. The summed E-state index contributed by atoms with van der Waals surface area (Å²) in [5, 5.41) is 11.4. The quantitative estimate of drug-likeness (QED) is 0.498. The highest BCUT2D eigenvalue weighted by atomic mass is 32.1. The van der Waals surface area contributed by atoms with Crippen molar-refractivity contribution in [2.45, 2.75) is 32.6 Å². The zero-order chi connectivity index (χ0) is 20.5. The van der Waals surface area contributed by atoms with Gasteiger partial charge in [0, 0.05) is 18.5 Å². The van der Waals surface area contributed by atoms with Gasteiger partial charge in [0.2, 0.25) is 17.6 Å². The minimum atomic E-state index is -0.248. The maximum atomic E-state index is 12.0. The Labute approximate surface area is 173 Å². The van der Waals surface area contributed by atoms with Crippen molar-refractivity contribution in [1.29, 1.82) is 0 Å². The lowest BCUT2D eigenvalue weighted by Crippen LogP contribution is -2.37. The van der Waals surface area contributed by atoms with Crippen molar-refractivity contribution in [3.8, 4) is 10.7 Å². The topological polar surface area (TPSA) is 97.1 Å². The van der Waals surface area contributed by atoms with Gasteiger partial charge in [-0.15, -0.1) is 11.3 Å². The first-order chi connectivity index (χ1) is 14.1. The lowest BCUT2D eigenvalue weighted by Gasteiger charge is -2.07.